The zero-order chi connectivity index (χ0) is 13.7. The highest BCUT2D eigenvalue weighted by Gasteiger charge is 2.18. The Labute approximate surface area is 108 Å². The van der Waals surface area contributed by atoms with Gasteiger partial charge in [-0.1, -0.05) is 0 Å². The minimum atomic E-state index is -0.608. The van der Waals surface area contributed by atoms with Gasteiger partial charge in [0.2, 0.25) is 0 Å². The largest absolute Gasteiger partial charge is 0.329 e. The molecule has 0 spiro atoms. The molecule has 0 aliphatic rings. The number of aromatic nitrogens is 2. The van der Waals surface area contributed by atoms with Gasteiger partial charge in [-0.2, -0.15) is 0 Å². The summed E-state index contributed by atoms with van der Waals surface area (Å²) in [5.74, 6) is 0. The maximum atomic E-state index is 12.4. The van der Waals surface area contributed by atoms with Crippen LogP contribution in [0.15, 0.2) is 9.59 Å². The molecular weight excluding hydrogens is 250 g/mol. The molecule has 0 saturated heterocycles. The predicted octanol–water partition coefficient (Wildman–Crippen LogP) is 1.11. The van der Waals surface area contributed by atoms with Gasteiger partial charge in [-0.15, -0.1) is 11.3 Å². The van der Waals surface area contributed by atoms with Crippen molar-refractivity contribution in [2.75, 3.05) is 0 Å². The molecular formula is C12H17N3O2S. The van der Waals surface area contributed by atoms with Crippen molar-refractivity contribution in [3.63, 3.8) is 0 Å². The normalized spacial score (nSPS) is 12.3. The molecule has 5 nitrogen and oxygen atoms in total. The molecule has 0 aliphatic carbocycles. The van der Waals surface area contributed by atoms with Crippen LogP contribution in [-0.2, 0) is 6.54 Å². The molecule has 0 amide bonds. The number of H-pyrrole nitrogens is 1. The van der Waals surface area contributed by atoms with Crippen LogP contribution in [0.25, 0.3) is 10.2 Å². The molecule has 0 radical (unpaired) electrons. The Bertz CT molecular complexity index is 716. The molecule has 0 saturated carbocycles. The molecule has 6 heteroatoms. The van der Waals surface area contributed by atoms with Gasteiger partial charge in [0.15, 0.2) is 0 Å². The van der Waals surface area contributed by atoms with Crippen molar-refractivity contribution < 1.29 is 0 Å². The molecule has 0 unspecified atom stereocenters. The van der Waals surface area contributed by atoms with E-state index in [4.69, 9.17) is 5.73 Å². The maximum Gasteiger partial charge on any atom is 0.329 e. The summed E-state index contributed by atoms with van der Waals surface area (Å²) >= 11 is 1.43. The van der Waals surface area contributed by atoms with Gasteiger partial charge in [-0.05, 0) is 33.3 Å². The van der Waals surface area contributed by atoms with Crippen LogP contribution in [0.1, 0.15) is 24.3 Å². The molecule has 0 aromatic carbocycles. The number of thiophene rings is 1. The fourth-order valence-electron chi connectivity index (χ4n) is 1.92. The smallest absolute Gasteiger partial charge is 0.324 e. The second-order valence-corrected chi connectivity index (χ2v) is 6.52. The molecule has 0 aliphatic heterocycles. The number of rotatable bonds is 2. The Kier molecular flexibility index (Phi) is 2.95. The van der Waals surface area contributed by atoms with Crippen LogP contribution < -0.4 is 17.0 Å². The van der Waals surface area contributed by atoms with Crippen LogP contribution in [0.2, 0.25) is 0 Å². The Morgan fingerprint density at radius 2 is 1.94 bits per heavy atom. The third kappa shape index (κ3) is 2.13. The first kappa shape index (κ1) is 13.0. The van der Waals surface area contributed by atoms with Crippen LogP contribution in [0, 0.1) is 13.8 Å². The average molecular weight is 267 g/mol. The molecule has 2 aromatic heterocycles. The number of nitrogens with two attached hydrogens (primary N) is 1. The standard InChI is InChI=1S/C12H17N3O2S/c1-6-7(2)18-9-8(6)10(16)15(11(17)14-9)5-12(3,4)13/h5,13H2,1-4H3,(H,14,17). The number of hydrogen-bond donors (Lipinski definition) is 2. The van der Waals surface area contributed by atoms with Crippen LogP contribution in [0.5, 0.6) is 0 Å². The predicted molar refractivity (Wildman–Crippen MR) is 74.4 cm³/mol. The molecule has 3 N–H and O–H groups in total. The number of nitrogens with one attached hydrogen (secondary N) is 1. The zero-order valence-electron chi connectivity index (χ0n) is 11.0. The molecule has 18 heavy (non-hydrogen) atoms. The lowest BCUT2D eigenvalue weighted by Gasteiger charge is -2.18. The van der Waals surface area contributed by atoms with Gasteiger partial charge in [0.25, 0.3) is 5.56 Å². The van der Waals surface area contributed by atoms with E-state index in [2.05, 4.69) is 4.98 Å². The summed E-state index contributed by atoms with van der Waals surface area (Å²) in [7, 11) is 0. The van der Waals surface area contributed by atoms with Crippen molar-refractivity contribution >= 4 is 21.6 Å². The quantitative estimate of drug-likeness (QED) is 0.855. The molecule has 98 valence electrons. The molecule has 0 atom stereocenters. The van der Waals surface area contributed by atoms with Crippen molar-refractivity contribution in [3.05, 3.63) is 31.3 Å². The second kappa shape index (κ2) is 4.07. The monoisotopic (exact) mass is 267 g/mol. The lowest BCUT2D eigenvalue weighted by atomic mass is 10.1. The highest BCUT2D eigenvalue weighted by Crippen LogP contribution is 2.24. The van der Waals surface area contributed by atoms with Gasteiger partial charge in [0.05, 0.1) is 5.39 Å². The second-order valence-electron chi connectivity index (χ2n) is 5.30. The van der Waals surface area contributed by atoms with Crippen molar-refractivity contribution in [1.29, 1.82) is 0 Å². The van der Waals surface area contributed by atoms with E-state index in [-0.39, 0.29) is 12.1 Å². The summed E-state index contributed by atoms with van der Waals surface area (Å²) in [6, 6.07) is 0. The first-order valence-electron chi connectivity index (χ1n) is 5.72. The Morgan fingerprint density at radius 1 is 1.33 bits per heavy atom. The van der Waals surface area contributed by atoms with Gasteiger partial charge in [-0.3, -0.25) is 14.3 Å². The third-order valence-electron chi connectivity index (χ3n) is 2.88. The van der Waals surface area contributed by atoms with E-state index in [1.165, 1.54) is 15.9 Å². The molecule has 2 aromatic rings. The van der Waals surface area contributed by atoms with Crippen LogP contribution in [0.3, 0.4) is 0 Å². The maximum absolute atomic E-state index is 12.4. The average Bonchev–Trinajstić information content (AvgIpc) is 2.48. The molecule has 2 heterocycles. The van der Waals surface area contributed by atoms with E-state index >= 15 is 0 Å². The Hall–Kier alpha value is -1.40. The van der Waals surface area contributed by atoms with Crippen LogP contribution >= 0.6 is 11.3 Å². The first-order chi connectivity index (χ1) is 8.20. The molecule has 0 fully saturated rings. The summed E-state index contributed by atoms with van der Waals surface area (Å²) in [6.07, 6.45) is 0. The van der Waals surface area contributed by atoms with Gasteiger partial charge >= 0.3 is 5.69 Å². The lowest BCUT2D eigenvalue weighted by Crippen LogP contribution is -2.46. The fourth-order valence-corrected chi connectivity index (χ4v) is 2.96. The van der Waals surface area contributed by atoms with Crippen molar-refractivity contribution in [3.8, 4) is 0 Å². The van der Waals surface area contributed by atoms with E-state index < -0.39 is 11.2 Å². The summed E-state index contributed by atoms with van der Waals surface area (Å²) in [5.41, 5.74) is 5.55. The minimum absolute atomic E-state index is 0.200. The minimum Gasteiger partial charge on any atom is -0.324 e. The first-order valence-corrected chi connectivity index (χ1v) is 6.54. The number of fused-ring (bicyclic) bond motifs is 1. The Morgan fingerprint density at radius 3 is 2.50 bits per heavy atom. The van der Waals surface area contributed by atoms with Gasteiger partial charge in [-0.25, -0.2) is 4.79 Å². The molecule has 2 rings (SSSR count). The summed E-state index contributed by atoms with van der Waals surface area (Å²) in [5, 5.41) is 0.598. The van der Waals surface area contributed by atoms with Crippen molar-refractivity contribution in [1.82, 2.24) is 9.55 Å². The zero-order valence-corrected chi connectivity index (χ0v) is 11.8. The van der Waals surface area contributed by atoms with Crippen molar-refractivity contribution in [2.45, 2.75) is 39.8 Å². The van der Waals surface area contributed by atoms with E-state index in [9.17, 15) is 9.59 Å². The van der Waals surface area contributed by atoms with Gasteiger partial charge in [0.1, 0.15) is 4.83 Å². The summed E-state index contributed by atoms with van der Waals surface area (Å²) < 4.78 is 1.18. The van der Waals surface area contributed by atoms with Crippen molar-refractivity contribution in [2.24, 2.45) is 5.73 Å². The van der Waals surface area contributed by atoms with Gasteiger partial charge in [0, 0.05) is 17.0 Å². The lowest BCUT2D eigenvalue weighted by molar-refractivity contribution is 0.417. The van der Waals surface area contributed by atoms with E-state index in [1.54, 1.807) is 13.8 Å². The number of hydrogen-bond acceptors (Lipinski definition) is 4. The highest BCUT2D eigenvalue weighted by molar-refractivity contribution is 7.18. The van der Waals surface area contributed by atoms with E-state index in [0.29, 0.717) is 10.2 Å². The number of aryl methyl sites for hydroxylation is 2. The fraction of sp³-hybridized carbons (Fsp3) is 0.500. The Balaban J connectivity index is 2.80. The number of aromatic amines is 1. The summed E-state index contributed by atoms with van der Waals surface area (Å²) in [4.78, 5) is 28.7. The van der Waals surface area contributed by atoms with Gasteiger partial charge < -0.3 is 5.73 Å². The SMILES string of the molecule is Cc1sc2[nH]c(=O)n(CC(C)(C)N)c(=O)c2c1C. The molecule has 0 bridgehead atoms. The van der Waals surface area contributed by atoms with E-state index in [1.807, 2.05) is 13.8 Å². The number of nitrogens with zero attached hydrogens (tertiary/aromatic N) is 1. The van der Waals surface area contributed by atoms with Crippen LogP contribution in [0.4, 0.5) is 0 Å². The van der Waals surface area contributed by atoms with Crippen LogP contribution in [-0.4, -0.2) is 15.1 Å². The highest BCUT2D eigenvalue weighted by atomic mass is 32.1. The van der Waals surface area contributed by atoms with E-state index in [0.717, 1.165) is 10.4 Å². The third-order valence-corrected chi connectivity index (χ3v) is 4.00. The summed E-state index contributed by atoms with van der Waals surface area (Å²) in [6.45, 7) is 7.61. The topological polar surface area (TPSA) is 80.9 Å².